The summed E-state index contributed by atoms with van der Waals surface area (Å²) >= 11 is 0. The summed E-state index contributed by atoms with van der Waals surface area (Å²) in [7, 11) is 0. The van der Waals surface area contributed by atoms with Crippen LogP contribution in [0.3, 0.4) is 0 Å². The van der Waals surface area contributed by atoms with Crippen LogP contribution in [0.25, 0.3) is 0 Å². The molecule has 0 aliphatic heterocycles. The first-order valence-electron chi connectivity index (χ1n) is 6.62. The lowest BCUT2D eigenvalue weighted by atomic mass is 10.1. The third-order valence-electron chi connectivity index (χ3n) is 4.03. The van der Waals surface area contributed by atoms with Crippen molar-refractivity contribution in [3.8, 4) is 5.75 Å². The second-order valence-corrected chi connectivity index (χ2v) is 5.82. The normalized spacial score (nSPS) is 23.1. The monoisotopic (exact) mass is 277 g/mol. The third-order valence-corrected chi connectivity index (χ3v) is 4.03. The summed E-state index contributed by atoms with van der Waals surface area (Å²) in [4.78, 5) is 23.0. The lowest BCUT2D eigenvalue weighted by molar-refractivity contribution is -0.140. The first-order chi connectivity index (χ1) is 9.34. The number of carbonyl (C=O) groups is 2. The predicted molar refractivity (Wildman–Crippen MR) is 73.2 cm³/mol. The van der Waals surface area contributed by atoms with Crippen LogP contribution in [0.15, 0.2) is 24.3 Å². The van der Waals surface area contributed by atoms with Gasteiger partial charge < -0.3 is 15.5 Å². The number of phenolic OH excluding ortho intramolecular Hbond substituents is 1. The highest BCUT2D eigenvalue weighted by Crippen LogP contribution is 2.58. The van der Waals surface area contributed by atoms with Crippen LogP contribution in [-0.4, -0.2) is 28.6 Å². The molecule has 1 aromatic carbocycles. The molecule has 1 saturated carbocycles. The number of amides is 1. The molecule has 20 heavy (non-hydrogen) atoms. The Hall–Kier alpha value is -2.04. The molecule has 1 aromatic rings. The molecular formula is C15H19NO4. The number of phenols is 1. The second kappa shape index (κ2) is 5.15. The zero-order chi connectivity index (χ0) is 14.9. The number of aliphatic carboxylic acids is 1. The minimum atomic E-state index is -0.909. The third kappa shape index (κ3) is 2.76. The lowest BCUT2D eigenvalue weighted by Crippen LogP contribution is -2.29. The Morgan fingerprint density at radius 3 is 2.30 bits per heavy atom. The van der Waals surface area contributed by atoms with E-state index in [0.29, 0.717) is 13.0 Å². The molecule has 0 unspecified atom stereocenters. The van der Waals surface area contributed by atoms with Gasteiger partial charge in [0.25, 0.3) is 0 Å². The fourth-order valence-corrected chi connectivity index (χ4v) is 2.69. The Morgan fingerprint density at radius 1 is 1.20 bits per heavy atom. The van der Waals surface area contributed by atoms with Gasteiger partial charge in [-0.3, -0.25) is 9.59 Å². The predicted octanol–water partition coefficient (Wildman–Crippen LogP) is 1.41. The molecule has 0 aromatic heterocycles. The highest BCUT2D eigenvalue weighted by atomic mass is 16.4. The van der Waals surface area contributed by atoms with Gasteiger partial charge in [-0.25, -0.2) is 0 Å². The van der Waals surface area contributed by atoms with Gasteiger partial charge in [-0.15, -0.1) is 0 Å². The van der Waals surface area contributed by atoms with Crippen molar-refractivity contribution in [1.82, 2.24) is 5.32 Å². The molecule has 0 bridgehead atoms. The molecule has 3 N–H and O–H groups in total. The molecule has 0 heterocycles. The number of carbonyl (C=O) groups excluding carboxylic acids is 1. The Kier molecular flexibility index (Phi) is 3.70. The number of rotatable bonds is 5. The van der Waals surface area contributed by atoms with Gasteiger partial charge in [-0.2, -0.15) is 0 Å². The Labute approximate surface area is 117 Å². The fourth-order valence-electron chi connectivity index (χ4n) is 2.69. The van der Waals surface area contributed by atoms with Crippen molar-refractivity contribution in [2.24, 2.45) is 17.3 Å². The first kappa shape index (κ1) is 14.4. The van der Waals surface area contributed by atoms with Gasteiger partial charge in [0.2, 0.25) is 5.91 Å². The zero-order valence-electron chi connectivity index (χ0n) is 11.6. The quantitative estimate of drug-likeness (QED) is 0.759. The summed E-state index contributed by atoms with van der Waals surface area (Å²) in [5, 5.41) is 21.0. The van der Waals surface area contributed by atoms with Crippen LogP contribution >= 0.6 is 0 Å². The van der Waals surface area contributed by atoms with Crippen molar-refractivity contribution in [3.63, 3.8) is 0 Å². The molecule has 2 rings (SSSR count). The molecule has 2 atom stereocenters. The summed E-state index contributed by atoms with van der Waals surface area (Å²) in [5.74, 6) is -1.92. The molecule has 108 valence electrons. The molecule has 1 fully saturated rings. The Morgan fingerprint density at radius 2 is 1.80 bits per heavy atom. The molecule has 0 spiro atoms. The maximum atomic E-state index is 12.0. The van der Waals surface area contributed by atoms with E-state index in [9.17, 15) is 9.59 Å². The molecule has 1 aliphatic rings. The number of aromatic hydroxyl groups is 1. The number of hydrogen-bond donors (Lipinski definition) is 3. The molecular weight excluding hydrogens is 258 g/mol. The molecule has 5 heteroatoms. The number of carboxylic acid groups (broad SMARTS) is 1. The standard InChI is InChI=1S/C15H19NO4/c1-15(2)11(12(15)14(19)20)13(18)16-8-7-9-3-5-10(17)6-4-9/h3-6,11-12,17H,7-8H2,1-2H3,(H,16,18)(H,19,20)/t11-,12+/m1/s1. The lowest BCUT2D eigenvalue weighted by Gasteiger charge is -2.06. The Bertz CT molecular complexity index is 521. The van der Waals surface area contributed by atoms with Crippen LogP contribution in [0.5, 0.6) is 5.75 Å². The highest BCUT2D eigenvalue weighted by molar-refractivity contribution is 5.91. The van der Waals surface area contributed by atoms with Gasteiger partial charge in [0.15, 0.2) is 0 Å². The summed E-state index contributed by atoms with van der Waals surface area (Å²) in [5.41, 5.74) is 0.544. The molecule has 1 aliphatic carbocycles. The maximum absolute atomic E-state index is 12.0. The van der Waals surface area contributed by atoms with Gasteiger partial charge in [0.05, 0.1) is 11.8 Å². The van der Waals surface area contributed by atoms with Crippen LogP contribution in [0, 0.1) is 17.3 Å². The summed E-state index contributed by atoms with van der Waals surface area (Å²) in [6.07, 6.45) is 0.650. The van der Waals surface area contributed by atoms with E-state index in [2.05, 4.69) is 5.32 Å². The van der Waals surface area contributed by atoms with Crippen molar-refractivity contribution in [2.75, 3.05) is 6.54 Å². The van der Waals surface area contributed by atoms with Crippen LogP contribution in [-0.2, 0) is 16.0 Å². The summed E-state index contributed by atoms with van der Waals surface area (Å²) < 4.78 is 0. The molecule has 0 saturated heterocycles. The van der Waals surface area contributed by atoms with Crippen LogP contribution in [0.2, 0.25) is 0 Å². The van der Waals surface area contributed by atoms with Crippen LogP contribution in [0.4, 0.5) is 0 Å². The summed E-state index contributed by atoms with van der Waals surface area (Å²) in [6, 6.07) is 6.79. The van der Waals surface area contributed by atoms with Crippen molar-refractivity contribution in [2.45, 2.75) is 20.3 Å². The number of nitrogens with one attached hydrogen (secondary N) is 1. The minimum absolute atomic E-state index is 0.193. The fraction of sp³-hybridized carbons (Fsp3) is 0.467. The number of benzene rings is 1. The molecule has 5 nitrogen and oxygen atoms in total. The van der Waals surface area contributed by atoms with E-state index >= 15 is 0 Å². The second-order valence-electron chi connectivity index (χ2n) is 5.82. The van der Waals surface area contributed by atoms with E-state index in [1.54, 1.807) is 38.1 Å². The first-order valence-corrected chi connectivity index (χ1v) is 6.62. The number of hydrogen-bond acceptors (Lipinski definition) is 3. The topological polar surface area (TPSA) is 86.6 Å². The van der Waals surface area contributed by atoms with Crippen LogP contribution in [0.1, 0.15) is 19.4 Å². The van der Waals surface area contributed by atoms with Gasteiger partial charge in [-0.1, -0.05) is 26.0 Å². The van der Waals surface area contributed by atoms with E-state index in [-0.39, 0.29) is 11.7 Å². The van der Waals surface area contributed by atoms with E-state index in [0.717, 1.165) is 5.56 Å². The zero-order valence-corrected chi connectivity index (χ0v) is 11.6. The minimum Gasteiger partial charge on any atom is -0.508 e. The van der Waals surface area contributed by atoms with Gasteiger partial charge in [0.1, 0.15) is 5.75 Å². The van der Waals surface area contributed by atoms with E-state index in [4.69, 9.17) is 10.2 Å². The highest BCUT2D eigenvalue weighted by Gasteiger charge is 2.65. The summed E-state index contributed by atoms with van der Waals surface area (Å²) in [6.45, 7) is 4.06. The van der Waals surface area contributed by atoms with Gasteiger partial charge >= 0.3 is 5.97 Å². The SMILES string of the molecule is CC1(C)[C@H](C(=O)O)[C@@H]1C(=O)NCCc1ccc(O)cc1. The smallest absolute Gasteiger partial charge is 0.307 e. The maximum Gasteiger partial charge on any atom is 0.307 e. The van der Waals surface area contributed by atoms with Crippen LogP contribution < -0.4 is 5.32 Å². The largest absolute Gasteiger partial charge is 0.508 e. The van der Waals surface area contributed by atoms with Crippen molar-refractivity contribution in [3.05, 3.63) is 29.8 Å². The van der Waals surface area contributed by atoms with Crippen molar-refractivity contribution >= 4 is 11.9 Å². The Balaban J connectivity index is 1.82. The average Bonchev–Trinajstić information content (AvgIpc) is 2.95. The van der Waals surface area contributed by atoms with E-state index in [1.807, 2.05) is 0 Å². The van der Waals surface area contributed by atoms with Gasteiger partial charge in [0, 0.05) is 6.54 Å². The number of carboxylic acids is 1. The van der Waals surface area contributed by atoms with Crippen molar-refractivity contribution in [1.29, 1.82) is 0 Å². The van der Waals surface area contributed by atoms with Gasteiger partial charge in [-0.05, 0) is 29.5 Å². The van der Waals surface area contributed by atoms with E-state index < -0.39 is 23.2 Å². The van der Waals surface area contributed by atoms with E-state index in [1.165, 1.54) is 0 Å². The molecule has 0 radical (unpaired) electrons. The average molecular weight is 277 g/mol. The molecule has 1 amide bonds. The van der Waals surface area contributed by atoms with Crippen molar-refractivity contribution < 1.29 is 19.8 Å².